The first-order valence-corrected chi connectivity index (χ1v) is 11.7. The molecule has 0 saturated heterocycles. The number of hydrogen-bond donors (Lipinski definition) is 1. The summed E-state index contributed by atoms with van der Waals surface area (Å²) in [5.41, 5.74) is 1.38. The van der Waals surface area contributed by atoms with Crippen molar-refractivity contribution in [3.63, 3.8) is 0 Å². The Morgan fingerprint density at radius 3 is 2.30 bits per heavy atom. The predicted molar refractivity (Wildman–Crippen MR) is 119 cm³/mol. The van der Waals surface area contributed by atoms with Gasteiger partial charge in [-0.3, -0.25) is 0 Å². The number of nitrogens with one attached hydrogen (secondary N) is 1. The van der Waals surface area contributed by atoms with E-state index in [1.54, 1.807) is 48.2 Å². The van der Waals surface area contributed by atoms with Crippen molar-refractivity contribution < 1.29 is 17.4 Å². The van der Waals surface area contributed by atoms with Crippen LogP contribution in [0.5, 0.6) is 5.75 Å². The van der Waals surface area contributed by atoms with E-state index in [1.165, 1.54) is 6.07 Å². The zero-order valence-electron chi connectivity index (χ0n) is 18.0. The van der Waals surface area contributed by atoms with Crippen LogP contribution in [0.2, 0.25) is 5.02 Å². The lowest BCUT2D eigenvalue weighted by atomic mass is 10.1. The molecule has 0 fully saturated rings. The third-order valence-electron chi connectivity index (χ3n) is 4.69. The van der Waals surface area contributed by atoms with Crippen LogP contribution in [0.25, 0.3) is 0 Å². The van der Waals surface area contributed by atoms with Gasteiger partial charge in [0.25, 0.3) is 0 Å². The van der Waals surface area contributed by atoms with Gasteiger partial charge in [-0.15, -0.1) is 0 Å². The molecule has 30 heavy (non-hydrogen) atoms. The van der Waals surface area contributed by atoms with Gasteiger partial charge in [-0.1, -0.05) is 42.8 Å². The van der Waals surface area contributed by atoms with E-state index in [2.05, 4.69) is 5.32 Å². The molecule has 0 spiro atoms. The van der Waals surface area contributed by atoms with Crippen molar-refractivity contribution >= 4 is 27.8 Å². The van der Waals surface area contributed by atoms with Gasteiger partial charge in [0.1, 0.15) is 10.6 Å². The zero-order chi connectivity index (χ0) is 22.5. The third-order valence-corrected chi connectivity index (χ3v) is 6.57. The molecule has 0 radical (unpaired) electrons. The number of nitrogens with zero attached hydrogens (tertiary/aromatic N) is 1. The van der Waals surface area contributed by atoms with Gasteiger partial charge in [-0.05, 0) is 63.4 Å². The molecule has 8 heteroatoms. The van der Waals surface area contributed by atoms with Gasteiger partial charge in [-0.2, -0.15) is 8.42 Å². The summed E-state index contributed by atoms with van der Waals surface area (Å²) in [4.78, 5) is 14.3. The molecule has 0 unspecified atom stereocenters. The van der Waals surface area contributed by atoms with Crippen molar-refractivity contribution in [3.05, 3.63) is 58.6 Å². The SMILES string of the molecule is CC[C@@H](C)N(Cc1ccc(OS(=O)(=O)c2c(C)cccc2Cl)cc1)C(=O)NC(C)C. The summed E-state index contributed by atoms with van der Waals surface area (Å²) in [6.45, 7) is 9.93. The molecule has 2 aromatic rings. The summed E-state index contributed by atoms with van der Waals surface area (Å²) < 4.78 is 30.6. The smallest absolute Gasteiger partial charge is 0.340 e. The van der Waals surface area contributed by atoms with E-state index in [-0.39, 0.29) is 33.8 Å². The second kappa shape index (κ2) is 10.2. The van der Waals surface area contributed by atoms with Gasteiger partial charge in [-0.25, -0.2) is 4.79 Å². The highest BCUT2D eigenvalue weighted by atomic mass is 35.5. The Bertz CT molecular complexity index is 955. The van der Waals surface area contributed by atoms with Crippen LogP contribution >= 0.6 is 11.6 Å². The van der Waals surface area contributed by atoms with Crippen LogP contribution in [-0.2, 0) is 16.7 Å². The standard InChI is InChI=1S/C22H29ClN2O4S/c1-6-17(5)25(22(26)24-15(2)3)14-18-10-12-19(13-11-18)29-30(27,28)21-16(4)8-7-9-20(21)23/h7-13,15,17H,6,14H2,1-5H3,(H,24,26)/t17-/m1/s1. The van der Waals surface area contributed by atoms with E-state index in [4.69, 9.17) is 15.8 Å². The fraction of sp³-hybridized carbons (Fsp3) is 0.409. The number of carbonyl (C=O) groups is 1. The average molecular weight is 453 g/mol. The van der Waals surface area contributed by atoms with Gasteiger partial charge >= 0.3 is 16.1 Å². The van der Waals surface area contributed by atoms with Crippen LogP contribution in [0.4, 0.5) is 4.79 Å². The summed E-state index contributed by atoms with van der Waals surface area (Å²) in [6.07, 6.45) is 0.822. The summed E-state index contributed by atoms with van der Waals surface area (Å²) in [5, 5.41) is 3.04. The van der Waals surface area contributed by atoms with Gasteiger partial charge in [0.15, 0.2) is 0 Å². The van der Waals surface area contributed by atoms with Crippen LogP contribution in [-0.4, -0.2) is 31.4 Å². The molecular formula is C22H29ClN2O4S. The molecule has 0 aliphatic heterocycles. The topological polar surface area (TPSA) is 75.7 Å². The molecule has 6 nitrogen and oxygen atoms in total. The number of urea groups is 1. The Morgan fingerprint density at radius 1 is 1.13 bits per heavy atom. The minimum Gasteiger partial charge on any atom is -0.379 e. The van der Waals surface area contributed by atoms with Gasteiger partial charge in [0.05, 0.1) is 5.02 Å². The lowest BCUT2D eigenvalue weighted by Gasteiger charge is -2.29. The largest absolute Gasteiger partial charge is 0.379 e. The van der Waals surface area contributed by atoms with E-state index in [1.807, 2.05) is 27.7 Å². The van der Waals surface area contributed by atoms with E-state index in [0.717, 1.165) is 12.0 Å². The van der Waals surface area contributed by atoms with Crippen molar-refractivity contribution in [3.8, 4) is 5.75 Å². The first-order chi connectivity index (χ1) is 14.0. The molecule has 2 aromatic carbocycles. The monoisotopic (exact) mass is 452 g/mol. The summed E-state index contributed by atoms with van der Waals surface area (Å²) in [5.74, 6) is 0.180. The van der Waals surface area contributed by atoms with Crippen LogP contribution in [0, 0.1) is 6.92 Å². The Morgan fingerprint density at radius 2 is 1.77 bits per heavy atom. The Kier molecular flexibility index (Phi) is 8.15. The maximum Gasteiger partial charge on any atom is 0.340 e. The Labute approximate surface area is 184 Å². The molecule has 0 aromatic heterocycles. The summed E-state index contributed by atoms with van der Waals surface area (Å²) in [6, 6.07) is 11.5. The molecule has 0 heterocycles. The first-order valence-electron chi connectivity index (χ1n) is 9.90. The van der Waals surface area contributed by atoms with E-state index in [0.29, 0.717) is 12.1 Å². The molecule has 164 valence electrons. The van der Waals surface area contributed by atoms with Crippen molar-refractivity contribution in [1.82, 2.24) is 10.2 Å². The number of benzene rings is 2. The number of amides is 2. The third kappa shape index (κ3) is 6.12. The highest BCUT2D eigenvalue weighted by Crippen LogP contribution is 2.28. The molecule has 0 aliphatic rings. The number of aryl methyl sites for hydroxylation is 1. The number of hydrogen-bond acceptors (Lipinski definition) is 4. The van der Waals surface area contributed by atoms with Gasteiger partial charge < -0.3 is 14.4 Å². The van der Waals surface area contributed by atoms with Crippen molar-refractivity contribution in [2.24, 2.45) is 0 Å². The molecule has 0 bridgehead atoms. The number of rotatable bonds is 8. The zero-order valence-corrected chi connectivity index (χ0v) is 19.5. The maximum atomic E-state index is 12.7. The van der Waals surface area contributed by atoms with E-state index in [9.17, 15) is 13.2 Å². The fourth-order valence-electron chi connectivity index (χ4n) is 2.93. The molecule has 2 amide bonds. The van der Waals surface area contributed by atoms with Crippen LogP contribution in [0.15, 0.2) is 47.4 Å². The second-order valence-corrected chi connectivity index (χ2v) is 9.45. The first kappa shape index (κ1) is 24.0. The van der Waals surface area contributed by atoms with Gasteiger partial charge in [0, 0.05) is 18.6 Å². The predicted octanol–water partition coefficient (Wildman–Crippen LogP) is 5.13. The lowest BCUT2D eigenvalue weighted by molar-refractivity contribution is 0.171. The fourth-order valence-corrected chi connectivity index (χ4v) is 4.65. The highest BCUT2D eigenvalue weighted by molar-refractivity contribution is 7.87. The summed E-state index contributed by atoms with van der Waals surface area (Å²) >= 11 is 6.07. The Balaban J connectivity index is 2.18. The quantitative estimate of drug-likeness (QED) is 0.563. The van der Waals surface area contributed by atoms with E-state index < -0.39 is 10.1 Å². The normalized spacial score (nSPS) is 12.5. The highest BCUT2D eigenvalue weighted by Gasteiger charge is 2.23. The average Bonchev–Trinajstić information content (AvgIpc) is 2.65. The molecule has 0 aliphatic carbocycles. The maximum absolute atomic E-state index is 12.7. The minimum atomic E-state index is -4.06. The number of halogens is 1. The van der Waals surface area contributed by atoms with Crippen molar-refractivity contribution in [2.75, 3.05) is 0 Å². The minimum absolute atomic E-state index is 0.0379. The summed E-state index contributed by atoms with van der Waals surface area (Å²) in [7, 11) is -4.06. The molecule has 1 N–H and O–H groups in total. The van der Waals surface area contributed by atoms with Gasteiger partial charge in [0.2, 0.25) is 0 Å². The molecular weight excluding hydrogens is 424 g/mol. The number of carbonyl (C=O) groups excluding carboxylic acids is 1. The molecule has 0 saturated carbocycles. The second-order valence-electron chi connectivity index (χ2n) is 7.56. The molecule has 2 rings (SSSR count). The van der Waals surface area contributed by atoms with Crippen LogP contribution in [0.3, 0.4) is 0 Å². The Hall–Kier alpha value is -2.25. The lowest BCUT2D eigenvalue weighted by Crippen LogP contribution is -2.46. The van der Waals surface area contributed by atoms with Crippen LogP contribution in [0.1, 0.15) is 45.2 Å². The van der Waals surface area contributed by atoms with Crippen molar-refractivity contribution in [2.45, 2.75) is 64.6 Å². The van der Waals surface area contributed by atoms with E-state index >= 15 is 0 Å². The van der Waals surface area contributed by atoms with Crippen LogP contribution < -0.4 is 9.50 Å². The van der Waals surface area contributed by atoms with Crippen molar-refractivity contribution in [1.29, 1.82) is 0 Å². The molecule has 1 atom stereocenters.